The second-order valence-corrected chi connectivity index (χ2v) is 6.31. The molecule has 0 radical (unpaired) electrons. The van der Waals surface area contributed by atoms with Crippen LogP contribution in [0.5, 0.6) is 11.5 Å². The van der Waals surface area contributed by atoms with E-state index in [1.165, 1.54) is 20.3 Å². The molecule has 3 rings (SSSR count). The van der Waals surface area contributed by atoms with Crippen molar-refractivity contribution in [2.45, 2.75) is 18.7 Å². The van der Waals surface area contributed by atoms with Gasteiger partial charge in [-0.2, -0.15) is 0 Å². The number of ether oxygens (including phenoxy) is 3. The Morgan fingerprint density at radius 3 is 2.58 bits per heavy atom. The van der Waals surface area contributed by atoms with E-state index in [1.807, 2.05) is 0 Å². The largest absolute Gasteiger partial charge is 0.493 e. The molecule has 1 fully saturated rings. The Balaban J connectivity index is 0.00000107. The molecule has 10 heteroatoms. The zero-order valence-corrected chi connectivity index (χ0v) is 17.0. The lowest BCUT2D eigenvalue weighted by Crippen LogP contribution is -2.52. The summed E-state index contributed by atoms with van der Waals surface area (Å²) in [5, 5.41) is 12.3. The normalized spacial score (nSPS) is 17.5. The Labute approximate surface area is 178 Å². The average Bonchev–Trinajstić information content (AvgIpc) is 2.78. The van der Waals surface area contributed by atoms with E-state index in [-0.39, 0.29) is 25.5 Å². The van der Waals surface area contributed by atoms with Gasteiger partial charge in [0.05, 0.1) is 20.3 Å². The first-order chi connectivity index (χ1) is 14.9. The SMILES string of the molecule is COc1ccc([C@H]2NC(=O)CO[C@@H]2C(=O)NCc2ccccc2F)cc1OC.O=CO. The Bertz CT molecular complexity index is 922. The number of halogens is 1. The summed E-state index contributed by atoms with van der Waals surface area (Å²) < 4.78 is 29.7. The second-order valence-electron chi connectivity index (χ2n) is 6.31. The lowest BCUT2D eigenvalue weighted by atomic mass is 9.98. The molecule has 9 nitrogen and oxygen atoms in total. The number of amides is 2. The molecule has 0 spiro atoms. The van der Waals surface area contributed by atoms with Gasteiger partial charge in [-0.1, -0.05) is 24.3 Å². The minimum absolute atomic E-state index is 0.0119. The minimum atomic E-state index is -0.970. The summed E-state index contributed by atoms with van der Waals surface area (Å²) in [6, 6.07) is 10.5. The molecule has 2 amide bonds. The fourth-order valence-electron chi connectivity index (χ4n) is 3.01. The van der Waals surface area contributed by atoms with Crippen LogP contribution in [-0.4, -0.2) is 50.3 Å². The number of benzene rings is 2. The van der Waals surface area contributed by atoms with Crippen LogP contribution in [0.4, 0.5) is 4.39 Å². The third-order valence-corrected chi connectivity index (χ3v) is 4.45. The van der Waals surface area contributed by atoms with Crippen molar-refractivity contribution in [2.75, 3.05) is 20.8 Å². The predicted molar refractivity (Wildman–Crippen MR) is 107 cm³/mol. The van der Waals surface area contributed by atoms with E-state index >= 15 is 0 Å². The summed E-state index contributed by atoms with van der Waals surface area (Å²) >= 11 is 0. The van der Waals surface area contributed by atoms with Crippen LogP contribution in [0.2, 0.25) is 0 Å². The van der Waals surface area contributed by atoms with Crippen molar-refractivity contribution in [1.82, 2.24) is 10.6 Å². The predicted octanol–water partition coefficient (Wildman–Crippen LogP) is 1.42. The topological polar surface area (TPSA) is 123 Å². The van der Waals surface area contributed by atoms with E-state index in [0.717, 1.165) is 0 Å². The van der Waals surface area contributed by atoms with Crippen LogP contribution in [0, 0.1) is 5.82 Å². The van der Waals surface area contributed by atoms with E-state index in [2.05, 4.69) is 10.6 Å². The summed E-state index contributed by atoms with van der Waals surface area (Å²) in [6.07, 6.45) is -0.970. The molecule has 0 unspecified atom stereocenters. The summed E-state index contributed by atoms with van der Waals surface area (Å²) in [6.45, 7) is -0.473. The van der Waals surface area contributed by atoms with Gasteiger partial charge >= 0.3 is 0 Å². The summed E-state index contributed by atoms with van der Waals surface area (Å²) in [4.78, 5) is 32.9. The fourth-order valence-corrected chi connectivity index (χ4v) is 3.01. The Morgan fingerprint density at radius 2 is 1.94 bits per heavy atom. The van der Waals surface area contributed by atoms with Crippen LogP contribution in [0.15, 0.2) is 42.5 Å². The lowest BCUT2D eigenvalue weighted by molar-refractivity contribution is -0.148. The van der Waals surface area contributed by atoms with Crippen LogP contribution < -0.4 is 20.1 Å². The molecule has 2 aromatic rings. The zero-order valence-electron chi connectivity index (χ0n) is 17.0. The van der Waals surface area contributed by atoms with Crippen LogP contribution in [0.1, 0.15) is 17.2 Å². The number of morpholine rings is 1. The first kappa shape index (κ1) is 23.6. The van der Waals surface area contributed by atoms with Gasteiger partial charge in [-0.15, -0.1) is 0 Å². The molecule has 31 heavy (non-hydrogen) atoms. The maximum Gasteiger partial charge on any atom is 0.290 e. The molecule has 0 saturated carbocycles. The van der Waals surface area contributed by atoms with Gasteiger partial charge in [-0.05, 0) is 23.8 Å². The maximum atomic E-state index is 13.8. The summed E-state index contributed by atoms with van der Waals surface area (Å²) in [5.41, 5.74) is 0.982. The van der Waals surface area contributed by atoms with Gasteiger partial charge in [0.15, 0.2) is 17.6 Å². The van der Waals surface area contributed by atoms with E-state index < -0.39 is 23.9 Å². The molecule has 1 aliphatic rings. The molecule has 2 aromatic carbocycles. The van der Waals surface area contributed by atoms with Gasteiger partial charge < -0.3 is 30.0 Å². The fraction of sp³-hybridized carbons (Fsp3) is 0.286. The van der Waals surface area contributed by atoms with E-state index in [9.17, 15) is 14.0 Å². The Morgan fingerprint density at radius 1 is 1.26 bits per heavy atom. The summed E-state index contributed by atoms with van der Waals surface area (Å²) in [7, 11) is 3.01. The Kier molecular flexibility index (Phi) is 8.77. The van der Waals surface area contributed by atoms with Crippen molar-refractivity contribution in [3.05, 3.63) is 59.4 Å². The van der Waals surface area contributed by atoms with Gasteiger partial charge in [-0.25, -0.2) is 4.39 Å². The highest BCUT2D eigenvalue weighted by molar-refractivity contribution is 5.86. The van der Waals surface area contributed by atoms with Crippen molar-refractivity contribution in [3.8, 4) is 11.5 Å². The lowest BCUT2D eigenvalue weighted by Gasteiger charge is -2.32. The first-order valence-electron chi connectivity index (χ1n) is 9.17. The molecule has 0 bridgehead atoms. The molecule has 0 aromatic heterocycles. The highest BCUT2D eigenvalue weighted by Gasteiger charge is 2.36. The van der Waals surface area contributed by atoms with Gasteiger partial charge in [0.25, 0.3) is 12.4 Å². The molecule has 1 aliphatic heterocycles. The van der Waals surface area contributed by atoms with Crippen molar-refractivity contribution in [1.29, 1.82) is 0 Å². The average molecular weight is 434 g/mol. The van der Waals surface area contributed by atoms with Gasteiger partial charge in [0.2, 0.25) is 5.91 Å². The van der Waals surface area contributed by atoms with Crippen LogP contribution >= 0.6 is 0 Å². The van der Waals surface area contributed by atoms with Crippen LogP contribution in [0.25, 0.3) is 0 Å². The monoisotopic (exact) mass is 434 g/mol. The molecule has 1 heterocycles. The molecule has 3 N–H and O–H groups in total. The zero-order chi connectivity index (χ0) is 22.8. The number of carboxylic acid groups (broad SMARTS) is 1. The number of rotatable bonds is 6. The molecule has 166 valence electrons. The number of carbonyl (C=O) groups excluding carboxylic acids is 2. The van der Waals surface area contributed by atoms with Gasteiger partial charge in [-0.3, -0.25) is 14.4 Å². The van der Waals surface area contributed by atoms with E-state index in [0.29, 0.717) is 22.6 Å². The number of nitrogens with one attached hydrogen (secondary N) is 2. The van der Waals surface area contributed by atoms with Crippen molar-refractivity contribution in [3.63, 3.8) is 0 Å². The Hall–Kier alpha value is -3.66. The van der Waals surface area contributed by atoms with Crippen molar-refractivity contribution in [2.24, 2.45) is 0 Å². The summed E-state index contributed by atoms with van der Waals surface area (Å²) in [5.74, 6) is -0.210. The third kappa shape index (κ3) is 6.16. The molecule has 2 atom stereocenters. The number of hydrogen-bond donors (Lipinski definition) is 3. The second kappa shape index (κ2) is 11.5. The highest BCUT2D eigenvalue weighted by atomic mass is 19.1. The molecule has 1 saturated heterocycles. The van der Waals surface area contributed by atoms with Gasteiger partial charge in [0, 0.05) is 12.1 Å². The van der Waals surface area contributed by atoms with Crippen molar-refractivity contribution >= 4 is 18.3 Å². The van der Waals surface area contributed by atoms with Gasteiger partial charge in [0.1, 0.15) is 12.4 Å². The van der Waals surface area contributed by atoms with E-state index in [1.54, 1.807) is 36.4 Å². The standard InChI is InChI=1S/C20H21FN2O5.CH2O2/c1-26-15-8-7-12(9-16(15)27-2)18-19(28-11-17(24)23-18)20(25)22-10-13-5-3-4-6-14(13)21;2-1-3/h3-9,18-19H,10-11H2,1-2H3,(H,22,25)(H,23,24);1H,(H,2,3)/t18-,19+;/m1./s1. The molecular formula is C21H23FN2O7. The third-order valence-electron chi connectivity index (χ3n) is 4.45. The maximum absolute atomic E-state index is 13.8. The van der Waals surface area contributed by atoms with Crippen molar-refractivity contribution < 1.29 is 38.1 Å². The number of hydrogen-bond acceptors (Lipinski definition) is 6. The van der Waals surface area contributed by atoms with Crippen LogP contribution in [0.3, 0.4) is 0 Å². The minimum Gasteiger partial charge on any atom is -0.493 e. The number of carbonyl (C=O) groups is 3. The van der Waals surface area contributed by atoms with Crippen LogP contribution in [-0.2, 0) is 25.7 Å². The molecular weight excluding hydrogens is 411 g/mol. The first-order valence-corrected chi connectivity index (χ1v) is 9.17. The van der Waals surface area contributed by atoms with E-state index in [4.69, 9.17) is 24.1 Å². The molecule has 0 aliphatic carbocycles. The number of methoxy groups -OCH3 is 2. The smallest absolute Gasteiger partial charge is 0.290 e. The quantitative estimate of drug-likeness (QED) is 0.588. The highest BCUT2D eigenvalue weighted by Crippen LogP contribution is 2.32.